The number of para-hydroxylation sites is 1. The predicted molar refractivity (Wildman–Crippen MR) is 212 cm³/mol. The van der Waals surface area contributed by atoms with Crippen LogP contribution in [0.25, 0.3) is 0 Å². The molecule has 18 heteroatoms. The summed E-state index contributed by atoms with van der Waals surface area (Å²) >= 11 is 0. The minimum atomic E-state index is -1.33. The first kappa shape index (κ1) is 44.7. The first-order chi connectivity index (χ1) is 27.4. The van der Waals surface area contributed by atoms with Crippen LogP contribution >= 0.6 is 7.92 Å². The second-order valence-corrected chi connectivity index (χ2v) is 15.5. The quantitative estimate of drug-likeness (QED) is 0.0368. The van der Waals surface area contributed by atoms with Crippen LogP contribution < -0.4 is 25.6 Å². The summed E-state index contributed by atoms with van der Waals surface area (Å²) in [4.78, 5) is 73.7. The van der Waals surface area contributed by atoms with E-state index in [2.05, 4.69) is 4.89 Å². The Bertz CT molecular complexity index is 1700. The minimum Gasteiger partial charge on any atom is -0.480 e. The zero-order valence-corrected chi connectivity index (χ0v) is 32.5. The number of benzene rings is 3. The van der Waals surface area contributed by atoms with Crippen LogP contribution in [0.4, 0.5) is 5.69 Å². The Kier molecular flexibility index (Phi) is 18.3. The van der Waals surface area contributed by atoms with E-state index in [1.807, 2.05) is 71.6 Å². The molecule has 4 rings (SSSR count). The predicted octanol–water partition coefficient (Wildman–Crippen LogP) is 0.596. The fourth-order valence-electron chi connectivity index (χ4n) is 6.49. The van der Waals surface area contributed by atoms with Gasteiger partial charge in [0.25, 0.3) is 0 Å². The van der Waals surface area contributed by atoms with Crippen molar-refractivity contribution >= 4 is 59.4 Å². The monoisotopic (exact) mass is 811 g/mol. The average molecular weight is 812 g/mol. The van der Waals surface area contributed by atoms with Crippen molar-refractivity contribution in [2.75, 3.05) is 103 Å². The summed E-state index contributed by atoms with van der Waals surface area (Å²) in [6.45, 7) is 0.848. The molecule has 3 aromatic carbocycles. The number of carboxylic acid groups (broad SMARTS) is 4. The molecule has 0 aromatic heterocycles. The van der Waals surface area contributed by atoms with Crippen molar-refractivity contribution in [1.82, 2.24) is 19.6 Å². The van der Waals surface area contributed by atoms with E-state index >= 15 is 0 Å². The Morgan fingerprint density at radius 2 is 1.05 bits per heavy atom. The van der Waals surface area contributed by atoms with Gasteiger partial charge in [0.05, 0.1) is 38.3 Å². The van der Waals surface area contributed by atoms with E-state index in [0.717, 1.165) is 10.6 Å². The number of hydrogen-bond donors (Lipinski definition) is 5. The lowest BCUT2D eigenvalue weighted by Crippen LogP contribution is -2.48. The number of carbonyl (C=O) groups excluding carboxylic acids is 1. The third-order valence-corrected chi connectivity index (χ3v) is 11.7. The smallest absolute Gasteiger partial charge is 0.323 e. The molecule has 0 radical (unpaired) electrons. The van der Waals surface area contributed by atoms with E-state index in [9.17, 15) is 44.4 Å². The third-order valence-electron chi connectivity index (χ3n) is 9.22. The highest BCUT2D eigenvalue weighted by atomic mass is 31.1. The number of nitrogens with zero attached hydrogens (tertiary/aromatic N) is 5. The highest BCUT2D eigenvalue weighted by molar-refractivity contribution is 7.80. The van der Waals surface area contributed by atoms with E-state index < -0.39 is 44.3 Å². The molecule has 1 saturated heterocycles. The van der Waals surface area contributed by atoms with Gasteiger partial charge in [-0.2, -0.15) is 0 Å². The summed E-state index contributed by atoms with van der Waals surface area (Å²) < 4.78 is 6.25. The summed E-state index contributed by atoms with van der Waals surface area (Å²) in [6.07, 6.45) is -0.120. The largest absolute Gasteiger partial charge is 0.480 e. The Balaban J connectivity index is 1.65. The molecule has 1 aliphatic heterocycles. The number of carbonyl (C=O) groups is 5. The number of aliphatic carboxylic acids is 4. The number of esters is 1. The summed E-state index contributed by atoms with van der Waals surface area (Å²) in [5, 5.41) is 50.2. The number of anilines is 1. The van der Waals surface area contributed by atoms with E-state index in [1.165, 1.54) is 4.90 Å². The van der Waals surface area contributed by atoms with Gasteiger partial charge in [-0.1, -0.05) is 66.7 Å². The van der Waals surface area contributed by atoms with Gasteiger partial charge in [-0.15, -0.1) is 0 Å². The Morgan fingerprint density at radius 1 is 0.596 bits per heavy atom. The third kappa shape index (κ3) is 15.1. The Morgan fingerprint density at radius 3 is 1.47 bits per heavy atom. The van der Waals surface area contributed by atoms with Gasteiger partial charge < -0.3 is 35.0 Å². The van der Waals surface area contributed by atoms with Gasteiger partial charge in [0, 0.05) is 70.8 Å². The van der Waals surface area contributed by atoms with Gasteiger partial charge in [0.2, 0.25) is 0 Å². The first-order valence-electron chi connectivity index (χ1n) is 18.4. The van der Waals surface area contributed by atoms with Gasteiger partial charge in [-0.25, -0.2) is 4.89 Å². The lowest BCUT2D eigenvalue weighted by Gasteiger charge is -2.33. The molecule has 3 aromatic rings. The van der Waals surface area contributed by atoms with Crippen molar-refractivity contribution in [2.45, 2.75) is 6.42 Å². The molecule has 0 amide bonds. The fraction of sp³-hybridized carbons (Fsp3) is 0.410. The van der Waals surface area contributed by atoms with Crippen LogP contribution in [0, 0.1) is 0 Å². The fourth-order valence-corrected chi connectivity index (χ4v) is 8.88. The molecule has 0 aliphatic carbocycles. The second kappa shape index (κ2) is 23.3. The molecular weight excluding hydrogens is 761 g/mol. The molecule has 0 saturated carbocycles. The van der Waals surface area contributed by atoms with E-state index in [4.69, 9.17) is 9.99 Å². The van der Waals surface area contributed by atoms with Crippen molar-refractivity contribution < 1.29 is 59.3 Å². The van der Waals surface area contributed by atoms with Gasteiger partial charge in [0.1, 0.15) is 6.54 Å². The number of ether oxygens (including phenoxy) is 1. The molecule has 0 atom stereocenters. The van der Waals surface area contributed by atoms with Gasteiger partial charge in [0.15, 0.2) is 5.75 Å². The van der Waals surface area contributed by atoms with Crippen LogP contribution in [-0.4, -0.2) is 173 Å². The van der Waals surface area contributed by atoms with Crippen molar-refractivity contribution in [2.24, 2.45) is 0 Å². The Hall–Kier alpha value is -5.00. The second-order valence-electron chi connectivity index (χ2n) is 13.4. The van der Waals surface area contributed by atoms with Gasteiger partial charge >= 0.3 is 29.8 Å². The number of carboxylic acids is 4. The van der Waals surface area contributed by atoms with Gasteiger partial charge in [-0.05, 0) is 30.7 Å². The number of hydrogen-bond acceptors (Lipinski definition) is 13. The maximum Gasteiger partial charge on any atom is 0.323 e. The molecule has 308 valence electrons. The zero-order chi connectivity index (χ0) is 41.2. The summed E-state index contributed by atoms with van der Waals surface area (Å²) in [5.41, 5.74) is 0.316. The van der Waals surface area contributed by atoms with E-state index in [0.29, 0.717) is 24.1 Å². The molecule has 1 fully saturated rings. The zero-order valence-electron chi connectivity index (χ0n) is 31.6. The highest BCUT2D eigenvalue weighted by Crippen LogP contribution is 2.40. The SMILES string of the molecule is O=C(O)CN1CCN(CCC(=O)Oc2c(N(CCOO)CC(=O)O)cccc2P(c2ccccc2)c2ccccc2)CCN(CC(=O)O)CCN(CC(=O)O)CC1. The molecule has 0 bridgehead atoms. The van der Waals surface area contributed by atoms with Crippen LogP contribution in [0.15, 0.2) is 78.9 Å². The minimum absolute atomic E-state index is 0.0348. The average Bonchev–Trinajstić information content (AvgIpc) is 3.17. The van der Waals surface area contributed by atoms with Crippen LogP contribution in [-0.2, 0) is 28.9 Å². The number of rotatable bonds is 19. The lowest BCUT2D eigenvalue weighted by atomic mass is 10.2. The summed E-state index contributed by atoms with van der Waals surface area (Å²) in [7, 11) is -1.33. The molecule has 0 spiro atoms. The maximum atomic E-state index is 14.0. The van der Waals surface area contributed by atoms with Crippen LogP contribution in [0.3, 0.4) is 0 Å². The van der Waals surface area contributed by atoms with Crippen molar-refractivity contribution in [3.63, 3.8) is 0 Å². The molecule has 5 N–H and O–H groups in total. The Labute approximate surface area is 331 Å². The molecule has 1 heterocycles. The molecule has 57 heavy (non-hydrogen) atoms. The van der Waals surface area contributed by atoms with E-state index in [-0.39, 0.29) is 90.8 Å². The highest BCUT2D eigenvalue weighted by Gasteiger charge is 2.28. The van der Waals surface area contributed by atoms with Crippen molar-refractivity contribution in [1.29, 1.82) is 0 Å². The van der Waals surface area contributed by atoms with Crippen LogP contribution in [0.5, 0.6) is 5.75 Å². The first-order valence-corrected chi connectivity index (χ1v) is 19.8. The normalized spacial score (nSPS) is 15.3. The molecular formula is C39H50N5O12P. The molecule has 1 aliphatic rings. The summed E-state index contributed by atoms with van der Waals surface area (Å²) in [5.74, 6) is -4.73. The maximum absolute atomic E-state index is 14.0. The van der Waals surface area contributed by atoms with E-state index in [1.54, 1.807) is 26.8 Å². The summed E-state index contributed by atoms with van der Waals surface area (Å²) in [6, 6.07) is 24.6. The van der Waals surface area contributed by atoms with Crippen LogP contribution in [0.1, 0.15) is 6.42 Å². The standard InChI is InChI=1S/C39H50N5O12P/c45-34(46)26-41-18-16-40(17-19-42(27-35(47)48)21-23-43(22-20-41)28-36(49)50)15-14-38(53)56-39-32(44(24-25-55-54)29-37(51)52)12-7-13-33(39)57(30-8-3-1-4-9-30)31-10-5-2-6-11-31/h1-13,54H,14-29H2,(H,45,46)(H,47,48)(H,49,50)(H,51,52). The topological polar surface area (TPSA) is 221 Å². The van der Waals surface area contributed by atoms with Gasteiger partial charge in [-0.3, -0.25) is 43.9 Å². The lowest BCUT2D eigenvalue weighted by molar-refractivity contribution is -0.239. The molecule has 0 unspecified atom stereocenters. The molecule has 17 nitrogen and oxygen atoms in total. The van der Waals surface area contributed by atoms with Crippen molar-refractivity contribution in [3.8, 4) is 5.75 Å². The van der Waals surface area contributed by atoms with Crippen molar-refractivity contribution in [3.05, 3.63) is 78.9 Å². The van der Waals surface area contributed by atoms with Crippen LogP contribution in [0.2, 0.25) is 0 Å².